The third-order valence-corrected chi connectivity index (χ3v) is 6.73. The van der Waals surface area contributed by atoms with E-state index in [1.807, 2.05) is 85.8 Å². The van der Waals surface area contributed by atoms with Crippen molar-refractivity contribution in [2.75, 3.05) is 11.9 Å². The Bertz CT molecular complexity index is 1390. The van der Waals surface area contributed by atoms with Gasteiger partial charge in [-0.1, -0.05) is 84.0 Å². The Morgan fingerprint density at radius 1 is 0.919 bits per heavy atom. The van der Waals surface area contributed by atoms with Gasteiger partial charge in [0.15, 0.2) is 5.76 Å². The number of aryl methyl sites for hydroxylation is 1. The molecule has 7 nitrogen and oxygen atoms in total. The lowest BCUT2D eigenvalue weighted by Gasteiger charge is -2.14. The SMILES string of the molecule is CCOC(=O)C1(c2ccc(-c3ccc(-c4onc(C)c4NC(=O)NCc4ccccc4)cc3)cc2)CC1. The fraction of sp³-hybridized carbons (Fsp3) is 0.233. The maximum absolute atomic E-state index is 12.5. The number of nitrogens with one attached hydrogen (secondary N) is 2. The predicted octanol–water partition coefficient (Wildman–Crippen LogP) is 6.23. The van der Waals surface area contributed by atoms with E-state index < -0.39 is 5.41 Å². The molecule has 0 atom stereocenters. The average molecular weight is 496 g/mol. The van der Waals surface area contributed by atoms with E-state index in [1.54, 1.807) is 6.92 Å². The summed E-state index contributed by atoms with van der Waals surface area (Å²) in [5, 5.41) is 9.79. The van der Waals surface area contributed by atoms with Crippen LogP contribution >= 0.6 is 0 Å². The minimum absolute atomic E-state index is 0.132. The summed E-state index contributed by atoms with van der Waals surface area (Å²) < 4.78 is 10.8. The van der Waals surface area contributed by atoms with Crippen LogP contribution < -0.4 is 10.6 Å². The van der Waals surface area contributed by atoms with Crippen LogP contribution in [0.3, 0.4) is 0 Å². The molecule has 2 amide bonds. The fourth-order valence-corrected chi connectivity index (χ4v) is 4.45. The van der Waals surface area contributed by atoms with E-state index in [-0.39, 0.29) is 12.0 Å². The van der Waals surface area contributed by atoms with Gasteiger partial charge in [0.25, 0.3) is 0 Å². The first kappa shape index (κ1) is 24.3. The lowest BCUT2D eigenvalue weighted by Crippen LogP contribution is -2.28. The molecule has 188 valence electrons. The number of ether oxygens (including phenoxy) is 1. The highest BCUT2D eigenvalue weighted by atomic mass is 16.5. The third kappa shape index (κ3) is 5.11. The molecule has 1 saturated carbocycles. The number of carbonyl (C=O) groups is 2. The van der Waals surface area contributed by atoms with Crippen molar-refractivity contribution in [2.45, 2.75) is 38.6 Å². The zero-order valence-electron chi connectivity index (χ0n) is 20.9. The van der Waals surface area contributed by atoms with Crippen molar-refractivity contribution in [1.82, 2.24) is 10.5 Å². The molecular formula is C30H29N3O4. The predicted molar refractivity (Wildman–Crippen MR) is 142 cm³/mol. The summed E-state index contributed by atoms with van der Waals surface area (Å²) in [5.74, 6) is 0.368. The number of anilines is 1. The molecule has 2 N–H and O–H groups in total. The van der Waals surface area contributed by atoms with Gasteiger partial charge in [-0.25, -0.2) is 4.79 Å². The Balaban J connectivity index is 1.28. The quantitative estimate of drug-likeness (QED) is 0.283. The number of hydrogen-bond donors (Lipinski definition) is 2. The second-order valence-corrected chi connectivity index (χ2v) is 9.22. The lowest BCUT2D eigenvalue weighted by molar-refractivity contribution is -0.146. The number of nitrogens with zero attached hydrogens (tertiary/aromatic N) is 1. The maximum atomic E-state index is 12.5. The summed E-state index contributed by atoms with van der Waals surface area (Å²) in [6.45, 7) is 4.44. The van der Waals surface area contributed by atoms with Gasteiger partial charge in [-0.05, 0) is 48.9 Å². The zero-order valence-corrected chi connectivity index (χ0v) is 20.9. The first-order valence-corrected chi connectivity index (χ1v) is 12.4. The lowest BCUT2D eigenvalue weighted by atomic mass is 9.93. The monoisotopic (exact) mass is 495 g/mol. The highest BCUT2D eigenvalue weighted by Crippen LogP contribution is 2.49. The first-order chi connectivity index (χ1) is 18.0. The normalized spacial score (nSPS) is 13.6. The van der Waals surface area contributed by atoms with Gasteiger partial charge in [0, 0.05) is 12.1 Å². The van der Waals surface area contributed by atoms with Crippen LogP contribution in [-0.2, 0) is 21.5 Å². The molecule has 0 saturated heterocycles. The van der Waals surface area contributed by atoms with E-state index in [2.05, 4.69) is 15.8 Å². The molecule has 0 radical (unpaired) electrons. The first-order valence-electron chi connectivity index (χ1n) is 12.4. The van der Waals surface area contributed by atoms with Crippen LogP contribution in [0.1, 0.15) is 36.6 Å². The van der Waals surface area contributed by atoms with Gasteiger partial charge >= 0.3 is 12.0 Å². The van der Waals surface area contributed by atoms with E-state index in [1.165, 1.54) is 0 Å². The van der Waals surface area contributed by atoms with Gasteiger partial charge in [-0.3, -0.25) is 4.79 Å². The minimum atomic E-state index is -0.473. The van der Waals surface area contributed by atoms with E-state index >= 15 is 0 Å². The average Bonchev–Trinajstić information content (AvgIpc) is 3.67. The van der Waals surface area contributed by atoms with Crippen molar-refractivity contribution >= 4 is 17.7 Å². The van der Waals surface area contributed by atoms with Crippen LogP contribution in [0.4, 0.5) is 10.5 Å². The minimum Gasteiger partial charge on any atom is -0.465 e. The number of aromatic nitrogens is 1. The number of hydrogen-bond acceptors (Lipinski definition) is 5. The number of carbonyl (C=O) groups excluding carboxylic acids is 2. The van der Waals surface area contributed by atoms with Crippen LogP contribution in [0, 0.1) is 6.92 Å². The topological polar surface area (TPSA) is 93.5 Å². The molecule has 5 rings (SSSR count). The van der Waals surface area contributed by atoms with Crippen molar-refractivity contribution in [3.8, 4) is 22.5 Å². The number of amides is 2. The smallest absolute Gasteiger partial charge is 0.319 e. The van der Waals surface area contributed by atoms with Crippen LogP contribution in [0.5, 0.6) is 0 Å². The number of benzene rings is 3. The molecule has 1 fully saturated rings. The standard InChI is InChI=1S/C30H29N3O4/c1-3-36-28(34)30(17-18-30)25-15-13-23(14-16-25)22-9-11-24(12-10-22)27-26(20(2)33-37-27)32-29(35)31-19-21-7-5-4-6-8-21/h4-16H,3,17-19H2,1-2H3,(H2,31,32,35). The second kappa shape index (κ2) is 10.3. The largest absolute Gasteiger partial charge is 0.465 e. The van der Waals surface area contributed by atoms with Crippen LogP contribution in [0.25, 0.3) is 22.5 Å². The van der Waals surface area contributed by atoms with Crippen molar-refractivity contribution < 1.29 is 18.8 Å². The summed E-state index contributed by atoms with van der Waals surface area (Å²) in [6.07, 6.45) is 1.66. The van der Waals surface area contributed by atoms with Gasteiger partial charge in [-0.15, -0.1) is 0 Å². The molecule has 0 unspecified atom stereocenters. The molecule has 0 aliphatic heterocycles. The van der Waals surface area contributed by atoms with Gasteiger partial charge < -0.3 is 19.9 Å². The summed E-state index contributed by atoms with van der Waals surface area (Å²) in [6, 6.07) is 25.4. The molecule has 1 aliphatic rings. The Kier molecular flexibility index (Phi) is 6.77. The molecule has 37 heavy (non-hydrogen) atoms. The Morgan fingerprint density at radius 2 is 1.54 bits per heavy atom. The number of esters is 1. The number of urea groups is 1. The van der Waals surface area contributed by atoms with E-state index in [4.69, 9.17) is 9.26 Å². The summed E-state index contributed by atoms with van der Waals surface area (Å²) in [7, 11) is 0. The highest BCUT2D eigenvalue weighted by Gasteiger charge is 2.52. The van der Waals surface area contributed by atoms with Crippen molar-refractivity contribution in [2.24, 2.45) is 0 Å². The van der Waals surface area contributed by atoms with Gasteiger partial charge in [0.1, 0.15) is 11.4 Å². The highest BCUT2D eigenvalue weighted by molar-refractivity contribution is 5.94. The molecular weight excluding hydrogens is 466 g/mol. The molecule has 4 aromatic rings. The van der Waals surface area contributed by atoms with Gasteiger partial charge in [0.2, 0.25) is 0 Å². The molecule has 0 spiro atoms. The molecule has 1 aliphatic carbocycles. The van der Waals surface area contributed by atoms with Crippen molar-refractivity contribution in [3.63, 3.8) is 0 Å². The van der Waals surface area contributed by atoms with Gasteiger partial charge in [-0.2, -0.15) is 0 Å². The molecule has 1 heterocycles. The van der Waals surface area contributed by atoms with Crippen LogP contribution in [-0.4, -0.2) is 23.8 Å². The third-order valence-electron chi connectivity index (χ3n) is 6.73. The van der Waals surface area contributed by atoms with E-state index in [0.717, 1.165) is 40.7 Å². The van der Waals surface area contributed by atoms with Crippen molar-refractivity contribution in [3.05, 3.63) is 95.7 Å². The Labute approximate surface area is 215 Å². The van der Waals surface area contributed by atoms with Crippen molar-refractivity contribution in [1.29, 1.82) is 0 Å². The summed E-state index contributed by atoms with van der Waals surface area (Å²) >= 11 is 0. The van der Waals surface area contributed by atoms with E-state index in [9.17, 15) is 9.59 Å². The molecule has 3 aromatic carbocycles. The molecule has 7 heteroatoms. The Morgan fingerprint density at radius 3 is 2.16 bits per heavy atom. The van der Waals surface area contributed by atoms with Crippen LogP contribution in [0.15, 0.2) is 83.4 Å². The van der Waals surface area contributed by atoms with Crippen LogP contribution in [0.2, 0.25) is 0 Å². The van der Waals surface area contributed by atoms with Gasteiger partial charge in [0.05, 0.1) is 12.0 Å². The molecule has 0 bridgehead atoms. The zero-order chi connectivity index (χ0) is 25.8. The number of rotatable bonds is 8. The summed E-state index contributed by atoms with van der Waals surface area (Å²) in [4.78, 5) is 24.9. The Hall–Kier alpha value is -4.39. The summed E-state index contributed by atoms with van der Waals surface area (Å²) in [5.41, 5.74) is 5.56. The second-order valence-electron chi connectivity index (χ2n) is 9.22. The molecule has 1 aromatic heterocycles. The van der Waals surface area contributed by atoms with E-state index in [0.29, 0.717) is 30.3 Å². The fourth-order valence-electron chi connectivity index (χ4n) is 4.45. The maximum Gasteiger partial charge on any atom is 0.319 e.